The number of carboxylic acid groups (broad SMARTS) is 1. The fraction of sp³-hybridized carbons (Fsp3) is 0.500. The van der Waals surface area contributed by atoms with Crippen LogP contribution in [0.15, 0.2) is 24.3 Å². The van der Waals surface area contributed by atoms with Crippen molar-refractivity contribution >= 4 is 11.7 Å². The highest BCUT2D eigenvalue weighted by atomic mass is 19.4. The molecule has 0 radical (unpaired) electrons. The van der Waals surface area contributed by atoms with E-state index in [0.29, 0.717) is 18.7 Å². The number of halogens is 3. The van der Waals surface area contributed by atoms with Gasteiger partial charge in [-0.3, -0.25) is 4.79 Å². The molecule has 1 aromatic rings. The molecule has 1 aliphatic rings. The predicted octanol–water partition coefficient (Wildman–Crippen LogP) is 3.62. The number of hydrogen-bond acceptors (Lipinski definition) is 2. The molecule has 1 saturated carbocycles. The summed E-state index contributed by atoms with van der Waals surface area (Å²) >= 11 is 0. The van der Waals surface area contributed by atoms with Crippen molar-refractivity contribution in [1.82, 2.24) is 0 Å². The molecule has 0 amide bonds. The Bertz CT molecular complexity index is 470. The topological polar surface area (TPSA) is 49.3 Å². The van der Waals surface area contributed by atoms with E-state index < -0.39 is 17.7 Å². The summed E-state index contributed by atoms with van der Waals surface area (Å²) < 4.78 is 37.2. The van der Waals surface area contributed by atoms with Crippen molar-refractivity contribution in [3.63, 3.8) is 0 Å². The van der Waals surface area contributed by atoms with E-state index in [-0.39, 0.29) is 11.8 Å². The molecular weight excluding hydrogens is 271 g/mol. The first-order valence-electron chi connectivity index (χ1n) is 6.52. The van der Waals surface area contributed by atoms with Crippen LogP contribution >= 0.6 is 0 Å². The SMILES string of the molecule is O=C(O)C1CCCC1CNc1ccc(C(F)(F)F)cc1. The quantitative estimate of drug-likeness (QED) is 0.889. The molecule has 0 heterocycles. The number of alkyl halides is 3. The molecule has 6 heteroatoms. The molecule has 20 heavy (non-hydrogen) atoms. The van der Waals surface area contributed by atoms with E-state index in [0.717, 1.165) is 25.0 Å². The molecule has 110 valence electrons. The van der Waals surface area contributed by atoms with Crippen molar-refractivity contribution in [3.8, 4) is 0 Å². The molecule has 1 aliphatic carbocycles. The van der Waals surface area contributed by atoms with E-state index in [4.69, 9.17) is 5.11 Å². The summed E-state index contributed by atoms with van der Waals surface area (Å²) in [4.78, 5) is 11.0. The average molecular weight is 287 g/mol. The van der Waals surface area contributed by atoms with E-state index in [1.807, 2.05) is 0 Å². The van der Waals surface area contributed by atoms with Crippen molar-refractivity contribution in [3.05, 3.63) is 29.8 Å². The fourth-order valence-corrected chi connectivity index (χ4v) is 2.63. The van der Waals surface area contributed by atoms with Gasteiger partial charge in [-0.1, -0.05) is 6.42 Å². The second-order valence-electron chi connectivity index (χ2n) is 5.09. The van der Waals surface area contributed by atoms with Crippen LogP contribution in [0.5, 0.6) is 0 Å². The van der Waals surface area contributed by atoms with Crippen LogP contribution in [0.2, 0.25) is 0 Å². The number of anilines is 1. The lowest BCUT2D eigenvalue weighted by molar-refractivity contribution is -0.142. The van der Waals surface area contributed by atoms with Gasteiger partial charge in [-0.15, -0.1) is 0 Å². The minimum Gasteiger partial charge on any atom is -0.481 e. The van der Waals surface area contributed by atoms with Crippen molar-refractivity contribution in [1.29, 1.82) is 0 Å². The zero-order valence-electron chi connectivity index (χ0n) is 10.8. The highest BCUT2D eigenvalue weighted by Gasteiger charge is 2.33. The molecule has 1 fully saturated rings. The van der Waals surface area contributed by atoms with Gasteiger partial charge >= 0.3 is 12.1 Å². The minimum atomic E-state index is -4.33. The Morgan fingerprint density at radius 1 is 1.25 bits per heavy atom. The molecule has 0 aliphatic heterocycles. The number of carboxylic acids is 1. The molecule has 1 aromatic carbocycles. The molecule has 2 rings (SSSR count). The largest absolute Gasteiger partial charge is 0.481 e. The van der Waals surface area contributed by atoms with Gasteiger partial charge in [0.05, 0.1) is 11.5 Å². The normalized spacial score (nSPS) is 22.8. The van der Waals surface area contributed by atoms with Gasteiger partial charge in [0, 0.05) is 12.2 Å². The van der Waals surface area contributed by atoms with Gasteiger partial charge in [-0.2, -0.15) is 13.2 Å². The highest BCUT2D eigenvalue weighted by Crippen LogP contribution is 2.33. The minimum absolute atomic E-state index is 0.0368. The maximum atomic E-state index is 12.4. The van der Waals surface area contributed by atoms with Gasteiger partial charge in [0.2, 0.25) is 0 Å². The number of benzene rings is 1. The molecule has 0 bridgehead atoms. The lowest BCUT2D eigenvalue weighted by Crippen LogP contribution is -2.24. The third kappa shape index (κ3) is 3.43. The molecule has 2 atom stereocenters. The molecule has 2 N–H and O–H groups in total. The first kappa shape index (κ1) is 14.7. The first-order chi connectivity index (χ1) is 9.38. The van der Waals surface area contributed by atoms with Crippen LogP contribution in [0, 0.1) is 11.8 Å². The Hall–Kier alpha value is -1.72. The molecule has 3 nitrogen and oxygen atoms in total. The lowest BCUT2D eigenvalue weighted by atomic mass is 9.96. The number of nitrogens with one attached hydrogen (secondary N) is 1. The third-order valence-corrected chi connectivity index (χ3v) is 3.76. The monoisotopic (exact) mass is 287 g/mol. The van der Waals surface area contributed by atoms with E-state index in [9.17, 15) is 18.0 Å². The Morgan fingerprint density at radius 2 is 1.90 bits per heavy atom. The fourth-order valence-electron chi connectivity index (χ4n) is 2.63. The third-order valence-electron chi connectivity index (χ3n) is 3.76. The predicted molar refractivity (Wildman–Crippen MR) is 68.4 cm³/mol. The van der Waals surface area contributed by atoms with Crippen molar-refractivity contribution < 1.29 is 23.1 Å². The second-order valence-corrected chi connectivity index (χ2v) is 5.09. The van der Waals surface area contributed by atoms with Gasteiger partial charge in [0.25, 0.3) is 0 Å². The summed E-state index contributed by atoms with van der Waals surface area (Å²) in [6.07, 6.45) is -1.94. The number of rotatable bonds is 4. The smallest absolute Gasteiger partial charge is 0.416 e. The maximum absolute atomic E-state index is 12.4. The Morgan fingerprint density at radius 3 is 2.45 bits per heavy atom. The number of hydrogen-bond donors (Lipinski definition) is 2. The van der Waals surface area contributed by atoms with Crippen LogP contribution in [0.1, 0.15) is 24.8 Å². The number of carbonyl (C=O) groups is 1. The van der Waals surface area contributed by atoms with E-state index >= 15 is 0 Å². The first-order valence-corrected chi connectivity index (χ1v) is 6.52. The van der Waals surface area contributed by atoms with E-state index in [1.54, 1.807) is 0 Å². The molecular formula is C14H16F3NO2. The summed E-state index contributed by atoms with van der Waals surface area (Å²) in [6.45, 7) is 0.475. The standard InChI is InChI=1S/C14H16F3NO2/c15-14(16,17)10-4-6-11(7-5-10)18-8-9-2-1-3-12(9)13(19)20/h4-7,9,12,18H,1-3,8H2,(H,19,20). The van der Waals surface area contributed by atoms with Gasteiger partial charge in [0.15, 0.2) is 0 Å². The zero-order valence-corrected chi connectivity index (χ0v) is 10.8. The van der Waals surface area contributed by atoms with Gasteiger partial charge in [-0.25, -0.2) is 0 Å². The Balaban J connectivity index is 1.93. The van der Waals surface area contributed by atoms with Crippen LogP contribution in [0.25, 0.3) is 0 Å². The van der Waals surface area contributed by atoms with Crippen molar-refractivity contribution in [2.75, 3.05) is 11.9 Å². The van der Waals surface area contributed by atoms with Crippen LogP contribution in [0.4, 0.5) is 18.9 Å². The molecule has 0 aromatic heterocycles. The van der Waals surface area contributed by atoms with Gasteiger partial charge in [0.1, 0.15) is 0 Å². The van der Waals surface area contributed by atoms with Crippen LogP contribution in [-0.2, 0) is 11.0 Å². The van der Waals surface area contributed by atoms with Gasteiger partial charge in [-0.05, 0) is 43.0 Å². The summed E-state index contributed by atoms with van der Waals surface area (Å²) in [5, 5.41) is 12.1. The second kappa shape index (κ2) is 5.73. The Kier molecular flexibility index (Phi) is 4.20. The lowest BCUT2D eigenvalue weighted by Gasteiger charge is -2.17. The van der Waals surface area contributed by atoms with Crippen LogP contribution < -0.4 is 5.32 Å². The maximum Gasteiger partial charge on any atom is 0.416 e. The van der Waals surface area contributed by atoms with E-state index in [2.05, 4.69) is 5.32 Å². The zero-order chi connectivity index (χ0) is 14.8. The van der Waals surface area contributed by atoms with Crippen molar-refractivity contribution in [2.24, 2.45) is 11.8 Å². The van der Waals surface area contributed by atoms with E-state index in [1.165, 1.54) is 12.1 Å². The average Bonchev–Trinajstić information content (AvgIpc) is 2.84. The highest BCUT2D eigenvalue weighted by molar-refractivity contribution is 5.70. The summed E-state index contributed by atoms with van der Waals surface area (Å²) in [5.41, 5.74) is -0.110. The van der Waals surface area contributed by atoms with Crippen LogP contribution in [-0.4, -0.2) is 17.6 Å². The summed E-state index contributed by atoms with van der Waals surface area (Å²) in [5.74, 6) is -1.10. The number of aliphatic carboxylic acids is 1. The van der Waals surface area contributed by atoms with Gasteiger partial charge < -0.3 is 10.4 Å². The molecule has 2 unspecified atom stereocenters. The molecule has 0 saturated heterocycles. The van der Waals surface area contributed by atoms with Crippen molar-refractivity contribution in [2.45, 2.75) is 25.4 Å². The summed E-state index contributed by atoms with van der Waals surface area (Å²) in [6, 6.07) is 4.78. The van der Waals surface area contributed by atoms with Crippen LogP contribution in [0.3, 0.4) is 0 Å². The summed E-state index contributed by atoms with van der Waals surface area (Å²) in [7, 11) is 0. The molecule has 0 spiro atoms. The Labute approximate surface area is 114 Å².